The number of carbonyl (C=O) groups is 2. The summed E-state index contributed by atoms with van der Waals surface area (Å²) in [5.41, 5.74) is 1.65. The van der Waals surface area contributed by atoms with Crippen LogP contribution in [0.4, 0.5) is 16.0 Å². The average molecular weight is 594 g/mol. The van der Waals surface area contributed by atoms with Gasteiger partial charge in [0.25, 0.3) is 11.5 Å². The molecule has 42 heavy (non-hydrogen) atoms. The summed E-state index contributed by atoms with van der Waals surface area (Å²) in [5.74, 6) is -0.425. The quantitative estimate of drug-likeness (QED) is 0.326. The molecule has 1 unspecified atom stereocenters. The third-order valence-corrected chi connectivity index (χ3v) is 8.56. The van der Waals surface area contributed by atoms with Crippen molar-refractivity contribution in [2.24, 2.45) is 14.1 Å². The Labute approximate surface area is 244 Å². The number of nitrogens with zero attached hydrogens (tertiary/aromatic N) is 7. The first-order chi connectivity index (χ1) is 20.0. The third kappa shape index (κ3) is 4.60. The summed E-state index contributed by atoms with van der Waals surface area (Å²) in [6, 6.07) is 10.5. The van der Waals surface area contributed by atoms with E-state index in [0.717, 1.165) is 15.7 Å². The van der Waals surface area contributed by atoms with Crippen molar-refractivity contribution in [1.82, 2.24) is 23.6 Å². The molecule has 2 fully saturated rings. The van der Waals surface area contributed by atoms with Gasteiger partial charge in [-0.1, -0.05) is 29.8 Å². The minimum absolute atomic E-state index is 0.0750. The van der Waals surface area contributed by atoms with Crippen molar-refractivity contribution < 1.29 is 14.0 Å². The third-order valence-electron chi connectivity index (χ3n) is 8.16. The van der Waals surface area contributed by atoms with E-state index in [1.807, 2.05) is 16.7 Å². The lowest BCUT2D eigenvalue weighted by Gasteiger charge is -2.37. The lowest BCUT2D eigenvalue weighted by molar-refractivity contribution is -0.123. The second-order valence-corrected chi connectivity index (χ2v) is 11.2. The van der Waals surface area contributed by atoms with Crippen LogP contribution in [0.2, 0.25) is 5.02 Å². The van der Waals surface area contributed by atoms with E-state index in [4.69, 9.17) is 16.6 Å². The van der Waals surface area contributed by atoms with Crippen molar-refractivity contribution in [3.05, 3.63) is 85.3 Å². The monoisotopic (exact) mass is 593 g/mol. The summed E-state index contributed by atoms with van der Waals surface area (Å²) in [5, 5.41) is 0.487. The van der Waals surface area contributed by atoms with Crippen LogP contribution < -0.4 is 21.0 Å². The van der Waals surface area contributed by atoms with E-state index in [2.05, 4.69) is 0 Å². The molecule has 218 valence electrons. The fourth-order valence-corrected chi connectivity index (χ4v) is 5.90. The fourth-order valence-electron chi connectivity index (χ4n) is 5.73. The molecule has 0 spiro atoms. The van der Waals surface area contributed by atoms with Gasteiger partial charge in [-0.3, -0.25) is 33.0 Å². The number of fused-ring (bicyclic) bond motifs is 1. The van der Waals surface area contributed by atoms with Crippen molar-refractivity contribution >= 4 is 46.2 Å². The number of hydrogen-bond acceptors (Lipinski definition) is 7. The molecule has 1 atom stereocenters. The van der Waals surface area contributed by atoms with Gasteiger partial charge in [-0.2, -0.15) is 4.98 Å². The Balaban J connectivity index is 1.28. The fraction of sp³-hybridized carbons (Fsp3) is 0.345. The van der Waals surface area contributed by atoms with E-state index in [1.54, 1.807) is 41.9 Å². The van der Waals surface area contributed by atoms with Gasteiger partial charge in [0.1, 0.15) is 5.82 Å². The number of carbonyl (C=O) groups excluding carboxylic acids is 2. The number of imidazole rings is 1. The Morgan fingerprint density at radius 3 is 2.31 bits per heavy atom. The minimum atomic E-state index is -0.592. The zero-order chi connectivity index (χ0) is 29.9. The normalized spacial score (nSPS) is 18.1. The lowest BCUT2D eigenvalue weighted by atomic mass is 10.1. The largest absolute Gasteiger partial charge is 0.340 e. The number of imide groups is 1. The maximum atomic E-state index is 13.6. The van der Waals surface area contributed by atoms with Crippen molar-refractivity contribution in [3.63, 3.8) is 0 Å². The molecule has 2 amide bonds. The molecule has 13 heteroatoms. The Morgan fingerprint density at radius 1 is 0.952 bits per heavy atom. The van der Waals surface area contributed by atoms with E-state index in [9.17, 15) is 23.6 Å². The molecule has 11 nitrogen and oxygen atoms in total. The van der Waals surface area contributed by atoms with Crippen molar-refractivity contribution in [2.45, 2.75) is 25.9 Å². The van der Waals surface area contributed by atoms with Gasteiger partial charge in [0.2, 0.25) is 11.9 Å². The first kappa shape index (κ1) is 27.9. The molecule has 2 saturated heterocycles. The summed E-state index contributed by atoms with van der Waals surface area (Å²) in [4.78, 5) is 62.2. The zero-order valence-corrected chi connectivity index (χ0v) is 24.1. The minimum Gasteiger partial charge on any atom is -0.340 e. The van der Waals surface area contributed by atoms with Crippen molar-refractivity contribution in [2.75, 3.05) is 36.0 Å². The number of aromatic nitrogens is 4. The second kappa shape index (κ2) is 10.5. The van der Waals surface area contributed by atoms with Crippen LogP contribution >= 0.6 is 11.6 Å². The van der Waals surface area contributed by atoms with Gasteiger partial charge in [0.05, 0.1) is 24.7 Å². The van der Waals surface area contributed by atoms with Crippen molar-refractivity contribution in [3.8, 4) is 0 Å². The number of amides is 2. The molecule has 4 aromatic rings. The molecule has 2 aliphatic rings. The number of halogens is 2. The number of rotatable bonds is 5. The molecule has 4 heterocycles. The van der Waals surface area contributed by atoms with Crippen LogP contribution in [0.5, 0.6) is 0 Å². The Bertz CT molecular complexity index is 1860. The highest BCUT2D eigenvalue weighted by molar-refractivity contribution is 6.32. The summed E-state index contributed by atoms with van der Waals surface area (Å²) in [6.07, 6.45) is 0.0750. The highest BCUT2D eigenvalue weighted by atomic mass is 35.5. The van der Waals surface area contributed by atoms with Crippen LogP contribution in [-0.2, 0) is 30.2 Å². The average Bonchev–Trinajstić information content (AvgIpc) is 3.50. The summed E-state index contributed by atoms with van der Waals surface area (Å²) < 4.78 is 17.7. The first-order valence-electron chi connectivity index (χ1n) is 13.6. The SMILES string of the molecule is Cc1ccc(N2C(=O)CC(N3CCN(c4nc5c(c(=O)n(C)c(=O)n5C)n4Cc4ccc(F)cc4)CC3)C2=O)cc1Cl. The summed E-state index contributed by atoms with van der Waals surface area (Å²) >= 11 is 6.25. The van der Waals surface area contributed by atoms with Gasteiger partial charge >= 0.3 is 5.69 Å². The lowest BCUT2D eigenvalue weighted by Crippen LogP contribution is -2.53. The number of anilines is 2. The highest BCUT2D eigenvalue weighted by Gasteiger charge is 2.43. The van der Waals surface area contributed by atoms with Crippen LogP contribution in [0, 0.1) is 12.7 Å². The summed E-state index contributed by atoms with van der Waals surface area (Å²) in [6.45, 7) is 3.98. The van der Waals surface area contributed by atoms with Gasteiger partial charge in [-0.15, -0.1) is 0 Å². The van der Waals surface area contributed by atoms with E-state index >= 15 is 0 Å². The second-order valence-electron chi connectivity index (χ2n) is 10.7. The molecular weight excluding hydrogens is 565 g/mol. The van der Waals surface area contributed by atoms with Gasteiger partial charge < -0.3 is 4.90 Å². The van der Waals surface area contributed by atoms with E-state index < -0.39 is 17.3 Å². The Kier molecular flexibility index (Phi) is 6.98. The molecule has 2 aromatic carbocycles. The summed E-state index contributed by atoms with van der Waals surface area (Å²) in [7, 11) is 2.99. The zero-order valence-electron chi connectivity index (χ0n) is 23.4. The van der Waals surface area contributed by atoms with E-state index in [0.29, 0.717) is 42.8 Å². The number of benzene rings is 2. The topological polar surface area (TPSA) is 106 Å². The van der Waals surface area contributed by atoms with E-state index in [1.165, 1.54) is 28.6 Å². The molecule has 6 rings (SSSR count). The van der Waals surface area contributed by atoms with Crippen LogP contribution in [0.25, 0.3) is 11.2 Å². The van der Waals surface area contributed by atoms with E-state index in [-0.39, 0.29) is 41.8 Å². The Morgan fingerprint density at radius 2 is 1.64 bits per heavy atom. The number of hydrogen-bond donors (Lipinski definition) is 0. The van der Waals surface area contributed by atoms with Crippen LogP contribution in [0.15, 0.2) is 52.1 Å². The van der Waals surface area contributed by atoms with Crippen LogP contribution in [0.1, 0.15) is 17.5 Å². The standard InChI is InChI=1S/C29H29ClFN7O4/c1-17-4-9-20(14-21(17)30)38-23(39)15-22(26(38)40)35-10-12-36(13-11-35)28-32-25-24(27(41)34(3)29(42)33(25)2)37(28)16-18-5-7-19(31)8-6-18/h4-9,14,22H,10-13,15-16H2,1-3H3. The van der Waals surface area contributed by atoms with Gasteiger partial charge in [0.15, 0.2) is 11.2 Å². The van der Waals surface area contributed by atoms with Gasteiger partial charge in [-0.05, 0) is 42.3 Å². The first-order valence-corrected chi connectivity index (χ1v) is 14.0. The molecule has 0 saturated carbocycles. The smallest absolute Gasteiger partial charge is 0.332 e. The molecule has 2 aromatic heterocycles. The molecular formula is C29H29ClFN7O4. The van der Waals surface area contributed by atoms with Crippen molar-refractivity contribution in [1.29, 1.82) is 0 Å². The number of aryl methyl sites for hydroxylation is 2. The predicted octanol–water partition coefficient (Wildman–Crippen LogP) is 2.04. The van der Waals surface area contributed by atoms with Crippen LogP contribution in [0.3, 0.4) is 0 Å². The van der Waals surface area contributed by atoms with Gasteiger partial charge in [0, 0.05) is 45.3 Å². The maximum Gasteiger partial charge on any atom is 0.332 e. The van der Waals surface area contributed by atoms with Crippen LogP contribution in [-0.4, -0.2) is 67.6 Å². The highest BCUT2D eigenvalue weighted by Crippen LogP contribution is 2.30. The number of piperazine rings is 1. The molecule has 0 N–H and O–H groups in total. The molecule has 0 radical (unpaired) electrons. The van der Waals surface area contributed by atoms with Gasteiger partial charge in [-0.25, -0.2) is 14.1 Å². The Hall–Kier alpha value is -4.29. The molecule has 0 aliphatic carbocycles. The maximum absolute atomic E-state index is 13.6. The molecule has 0 bridgehead atoms. The predicted molar refractivity (Wildman–Crippen MR) is 157 cm³/mol. The molecule has 2 aliphatic heterocycles.